The van der Waals surface area contributed by atoms with Crippen molar-refractivity contribution in [1.29, 1.82) is 0 Å². The predicted octanol–water partition coefficient (Wildman–Crippen LogP) is -2.04. The van der Waals surface area contributed by atoms with Crippen molar-refractivity contribution >= 4 is 5.97 Å². The van der Waals surface area contributed by atoms with Crippen molar-refractivity contribution in [3.63, 3.8) is 0 Å². The van der Waals surface area contributed by atoms with Crippen LogP contribution in [0.25, 0.3) is 0 Å². The van der Waals surface area contributed by atoms with Gasteiger partial charge in [-0.05, 0) is 20.8 Å². The highest BCUT2D eigenvalue weighted by atomic mass is 35.5. The van der Waals surface area contributed by atoms with Crippen LogP contribution in [0.2, 0.25) is 0 Å². The number of ether oxygens (including phenoxy) is 1. The zero-order valence-corrected chi connectivity index (χ0v) is 12.0. The summed E-state index contributed by atoms with van der Waals surface area (Å²) in [6, 6.07) is 0. The fraction of sp³-hybridized carbons (Fsp3) is 0.750. The third-order valence-electron chi connectivity index (χ3n) is 2.93. The molecular formula is C12H24ClNO3. The Kier molecular flexibility index (Phi) is 9.39. The molecule has 0 bridgehead atoms. The normalized spacial score (nSPS) is 12.5. The topological polar surface area (TPSA) is 46.5 Å². The lowest BCUT2D eigenvalue weighted by atomic mass is 10.3. The van der Waals surface area contributed by atoms with E-state index in [0.29, 0.717) is 12.1 Å². The minimum absolute atomic E-state index is 0. The van der Waals surface area contributed by atoms with Gasteiger partial charge in [-0.15, -0.1) is 0 Å². The van der Waals surface area contributed by atoms with Gasteiger partial charge in [0, 0.05) is 5.57 Å². The number of hydrogen-bond acceptors (Lipinski definition) is 3. The number of quaternary nitrogens is 1. The summed E-state index contributed by atoms with van der Waals surface area (Å²) in [5.41, 5.74) is 0.357. The number of aliphatic hydroxyl groups excluding tert-OH is 1. The van der Waals surface area contributed by atoms with Gasteiger partial charge in [-0.1, -0.05) is 6.58 Å². The fourth-order valence-corrected chi connectivity index (χ4v) is 1.34. The highest BCUT2D eigenvalue weighted by molar-refractivity contribution is 5.86. The van der Waals surface area contributed by atoms with E-state index in [9.17, 15) is 9.90 Å². The molecule has 0 rings (SSSR count). The van der Waals surface area contributed by atoms with Gasteiger partial charge in [-0.2, -0.15) is 0 Å². The van der Waals surface area contributed by atoms with E-state index < -0.39 is 12.1 Å². The summed E-state index contributed by atoms with van der Waals surface area (Å²) in [5, 5.41) is 9.76. The maximum absolute atomic E-state index is 11.1. The molecule has 1 atom stereocenters. The summed E-state index contributed by atoms with van der Waals surface area (Å²) >= 11 is 0. The third kappa shape index (κ3) is 7.36. The molecular weight excluding hydrogens is 242 g/mol. The van der Waals surface area contributed by atoms with E-state index >= 15 is 0 Å². The molecule has 102 valence electrons. The number of carbonyl (C=O) groups is 1. The number of nitrogens with zero attached hydrogens (tertiary/aromatic N) is 1. The summed E-state index contributed by atoms with van der Waals surface area (Å²) < 4.78 is 5.67. The van der Waals surface area contributed by atoms with Crippen LogP contribution in [0.5, 0.6) is 0 Å². The van der Waals surface area contributed by atoms with Crippen LogP contribution in [0.4, 0.5) is 0 Å². The Morgan fingerprint density at radius 1 is 1.41 bits per heavy atom. The molecule has 0 saturated heterocycles. The molecule has 0 amide bonds. The van der Waals surface area contributed by atoms with Crippen LogP contribution in [0, 0.1) is 0 Å². The van der Waals surface area contributed by atoms with Gasteiger partial charge in [0.05, 0.1) is 20.1 Å². The standard InChI is InChI=1S/C12H24NO3.ClH/c1-6-13(5,7-2)8-11(14)9-16-12(15)10(3)4;/h11,14H,3,6-9H2,1-2,4-5H3;1H/q+1;/p-1. The minimum Gasteiger partial charge on any atom is -1.00 e. The third-order valence-corrected chi connectivity index (χ3v) is 2.93. The molecule has 0 aromatic heterocycles. The molecule has 5 heteroatoms. The monoisotopic (exact) mass is 265 g/mol. The first kappa shape index (κ1) is 18.8. The Labute approximate surface area is 110 Å². The number of hydrogen-bond donors (Lipinski definition) is 1. The number of carbonyl (C=O) groups excluding carboxylic acids is 1. The second-order valence-corrected chi connectivity index (χ2v) is 4.47. The van der Waals surface area contributed by atoms with E-state index in [2.05, 4.69) is 27.5 Å². The second kappa shape index (κ2) is 8.50. The largest absolute Gasteiger partial charge is 1.00 e. The first-order chi connectivity index (χ1) is 7.34. The zero-order chi connectivity index (χ0) is 12.8. The van der Waals surface area contributed by atoms with E-state index in [1.807, 2.05) is 0 Å². The molecule has 0 aliphatic rings. The molecule has 0 fully saturated rings. The van der Waals surface area contributed by atoms with Gasteiger partial charge in [-0.25, -0.2) is 4.79 Å². The Morgan fingerprint density at radius 3 is 2.24 bits per heavy atom. The van der Waals surface area contributed by atoms with Crippen LogP contribution < -0.4 is 12.4 Å². The van der Waals surface area contributed by atoms with E-state index in [0.717, 1.165) is 17.6 Å². The second-order valence-electron chi connectivity index (χ2n) is 4.47. The summed E-state index contributed by atoms with van der Waals surface area (Å²) in [5.74, 6) is -0.443. The number of likely N-dealkylation sites (N-methyl/N-ethyl adjacent to an activating group) is 1. The molecule has 0 aliphatic carbocycles. The fourth-order valence-electron chi connectivity index (χ4n) is 1.34. The molecule has 0 saturated carbocycles. The van der Waals surface area contributed by atoms with Crippen LogP contribution in [0.15, 0.2) is 12.2 Å². The molecule has 0 radical (unpaired) electrons. The molecule has 4 nitrogen and oxygen atoms in total. The van der Waals surface area contributed by atoms with Gasteiger partial charge in [0.25, 0.3) is 0 Å². The number of esters is 1. The van der Waals surface area contributed by atoms with Crippen LogP contribution in [-0.2, 0) is 9.53 Å². The molecule has 0 heterocycles. The van der Waals surface area contributed by atoms with Crippen molar-refractivity contribution in [2.24, 2.45) is 0 Å². The average molecular weight is 266 g/mol. The van der Waals surface area contributed by atoms with Gasteiger partial charge >= 0.3 is 5.97 Å². The predicted molar refractivity (Wildman–Crippen MR) is 63.9 cm³/mol. The van der Waals surface area contributed by atoms with Crippen LogP contribution in [-0.4, -0.2) is 55.0 Å². The lowest BCUT2D eigenvalue weighted by Gasteiger charge is -2.33. The van der Waals surface area contributed by atoms with Gasteiger partial charge in [-0.3, -0.25) is 0 Å². The number of halogens is 1. The van der Waals surface area contributed by atoms with Crippen molar-refractivity contribution in [3.8, 4) is 0 Å². The van der Waals surface area contributed by atoms with Gasteiger partial charge in [0.1, 0.15) is 19.3 Å². The Balaban J connectivity index is 0. The molecule has 0 aliphatic heterocycles. The Morgan fingerprint density at radius 2 is 1.88 bits per heavy atom. The molecule has 1 unspecified atom stereocenters. The number of rotatable bonds is 7. The van der Waals surface area contributed by atoms with E-state index in [4.69, 9.17) is 4.74 Å². The van der Waals surface area contributed by atoms with Crippen LogP contribution in [0.1, 0.15) is 20.8 Å². The highest BCUT2D eigenvalue weighted by Gasteiger charge is 2.22. The van der Waals surface area contributed by atoms with E-state index in [-0.39, 0.29) is 19.0 Å². The molecule has 1 N–H and O–H groups in total. The highest BCUT2D eigenvalue weighted by Crippen LogP contribution is 2.04. The van der Waals surface area contributed by atoms with E-state index in [1.54, 1.807) is 6.92 Å². The average Bonchev–Trinajstić information content (AvgIpc) is 2.25. The van der Waals surface area contributed by atoms with Gasteiger partial charge in [0.2, 0.25) is 0 Å². The smallest absolute Gasteiger partial charge is 0.333 e. The van der Waals surface area contributed by atoms with E-state index in [1.165, 1.54) is 0 Å². The van der Waals surface area contributed by atoms with Crippen molar-refractivity contribution in [1.82, 2.24) is 0 Å². The SMILES string of the molecule is C=C(C)C(=O)OCC(O)C[N+](C)(CC)CC.[Cl-]. The summed E-state index contributed by atoms with van der Waals surface area (Å²) in [6.07, 6.45) is -0.617. The van der Waals surface area contributed by atoms with Crippen molar-refractivity contribution in [3.05, 3.63) is 12.2 Å². The Hall–Kier alpha value is -0.580. The minimum atomic E-state index is -0.617. The van der Waals surface area contributed by atoms with Crippen molar-refractivity contribution in [2.75, 3.05) is 33.3 Å². The molecule has 17 heavy (non-hydrogen) atoms. The lowest BCUT2D eigenvalue weighted by molar-refractivity contribution is -0.909. The lowest BCUT2D eigenvalue weighted by Crippen LogP contribution is -3.00. The zero-order valence-electron chi connectivity index (χ0n) is 11.2. The maximum atomic E-state index is 11.1. The number of aliphatic hydroxyl groups is 1. The quantitative estimate of drug-likeness (QED) is 0.328. The van der Waals surface area contributed by atoms with Crippen LogP contribution in [0.3, 0.4) is 0 Å². The Bertz CT molecular complexity index is 252. The summed E-state index contributed by atoms with van der Waals surface area (Å²) in [7, 11) is 2.07. The molecule has 0 aromatic rings. The summed E-state index contributed by atoms with van der Waals surface area (Å²) in [4.78, 5) is 11.1. The summed E-state index contributed by atoms with van der Waals surface area (Å²) in [6.45, 7) is 11.8. The van der Waals surface area contributed by atoms with Gasteiger partial charge < -0.3 is 26.7 Å². The van der Waals surface area contributed by atoms with Crippen LogP contribution >= 0.6 is 0 Å². The van der Waals surface area contributed by atoms with Gasteiger partial charge in [0.15, 0.2) is 0 Å². The van der Waals surface area contributed by atoms with Crippen molar-refractivity contribution in [2.45, 2.75) is 26.9 Å². The van der Waals surface area contributed by atoms with Crippen molar-refractivity contribution < 1.29 is 31.5 Å². The molecule has 0 aromatic carbocycles. The first-order valence-corrected chi connectivity index (χ1v) is 5.69. The first-order valence-electron chi connectivity index (χ1n) is 5.69. The molecule has 0 spiro atoms. The maximum Gasteiger partial charge on any atom is 0.333 e.